The molecule has 0 amide bonds. The topological polar surface area (TPSA) is 35.5 Å². The Hall–Kier alpha value is -3.07. The Kier molecular flexibility index (Phi) is 7.07. The molecule has 0 aromatic heterocycles. The number of ether oxygens (including phenoxy) is 2. The second kappa shape index (κ2) is 9.92. The lowest BCUT2D eigenvalue weighted by Gasteiger charge is -2.19. The van der Waals surface area contributed by atoms with Crippen LogP contribution in [-0.4, -0.2) is 13.1 Å². The van der Waals surface area contributed by atoms with E-state index in [0.29, 0.717) is 12.5 Å². The van der Waals surface area contributed by atoms with Gasteiger partial charge in [0, 0.05) is 0 Å². The van der Waals surface area contributed by atoms with Crippen molar-refractivity contribution in [2.24, 2.45) is 5.92 Å². The van der Waals surface area contributed by atoms with E-state index in [2.05, 4.69) is 32.0 Å². The summed E-state index contributed by atoms with van der Waals surface area (Å²) in [7, 11) is 1.45. The predicted molar refractivity (Wildman–Crippen MR) is 117 cm³/mol. The van der Waals surface area contributed by atoms with Crippen molar-refractivity contribution in [3.63, 3.8) is 0 Å². The molecule has 3 heteroatoms. The summed E-state index contributed by atoms with van der Waals surface area (Å²) in [5.41, 5.74) is 4.15. The van der Waals surface area contributed by atoms with Crippen LogP contribution >= 0.6 is 0 Å². The molecule has 150 valence electrons. The quantitative estimate of drug-likeness (QED) is 0.429. The fraction of sp³-hybridized carbons (Fsp3) is 0.269. The predicted octanol–water partition coefficient (Wildman–Crippen LogP) is 6.24. The normalized spacial score (nSPS) is 11.9. The summed E-state index contributed by atoms with van der Waals surface area (Å²) in [5.74, 6) is 0.594. The number of benzene rings is 3. The first-order valence-corrected chi connectivity index (χ1v) is 10.0. The van der Waals surface area contributed by atoms with Gasteiger partial charge in [0.1, 0.15) is 12.4 Å². The standard InChI is InChI=1S/C26H28O3/c1-19(2)14-25(26(27)28-3)23-15-22(21-12-8-5-9-13-21)16-24(17-23)29-18-20-10-6-4-7-11-20/h4-13,15-17,19,25H,14,18H2,1-3H3. The van der Waals surface area contributed by atoms with E-state index in [0.717, 1.165) is 34.4 Å². The highest BCUT2D eigenvalue weighted by Crippen LogP contribution is 2.33. The third-order valence-electron chi connectivity index (χ3n) is 4.88. The van der Waals surface area contributed by atoms with Crippen LogP contribution in [0.5, 0.6) is 5.75 Å². The highest BCUT2D eigenvalue weighted by Gasteiger charge is 2.24. The van der Waals surface area contributed by atoms with Crippen LogP contribution < -0.4 is 4.74 Å². The van der Waals surface area contributed by atoms with Gasteiger partial charge in [0.15, 0.2) is 0 Å². The van der Waals surface area contributed by atoms with E-state index in [-0.39, 0.29) is 11.9 Å². The third-order valence-corrected chi connectivity index (χ3v) is 4.88. The fourth-order valence-electron chi connectivity index (χ4n) is 3.43. The van der Waals surface area contributed by atoms with Crippen molar-refractivity contribution in [2.75, 3.05) is 7.11 Å². The molecule has 1 unspecified atom stereocenters. The SMILES string of the molecule is COC(=O)C(CC(C)C)c1cc(OCc2ccccc2)cc(-c2ccccc2)c1. The Balaban J connectivity index is 1.98. The van der Waals surface area contributed by atoms with Gasteiger partial charge in [-0.25, -0.2) is 0 Å². The Morgan fingerprint density at radius 3 is 2.14 bits per heavy atom. The van der Waals surface area contributed by atoms with Gasteiger partial charge >= 0.3 is 5.97 Å². The van der Waals surface area contributed by atoms with Gasteiger partial charge in [-0.1, -0.05) is 80.6 Å². The van der Waals surface area contributed by atoms with Crippen molar-refractivity contribution < 1.29 is 14.3 Å². The van der Waals surface area contributed by atoms with Gasteiger partial charge in [-0.15, -0.1) is 0 Å². The van der Waals surface area contributed by atoms with Gasteiger partial charge in [0.2, 0.25) is 0 Å². The van der Waals surface area contributed by atoms with Crippen molar-refractivity contribution in [3.05, 3.63) is 90.0 Å². The Labute approximate surface area is 173 Å². The van der Waals surface area contributed by atoms with Gasteiger partial charge < -0.3 is 9.47 Å². The van der Waals surface area contributed by atoms with Gasteiger partial charge in [0.05, 0.1) is 13.0 Å². The van der Waals surface area contributed by atoms with E-state index in [1.165, 1.54) is 7.11 Å². The summed E-state index contributed by atoms with van der Waals surface area (Å²) in [6, 6.07) is 26.3. The molecular formula is C26H28O3. The smallest absolute Gasteiger partial charge is 0.313 e. The van der Waals surface area contributed by atoms with E-state index in [1.54, 1.807) is 0 Å². The number of methoxy groups -OCH3 is 1. The molecule has 0 heterocycles. The number of carbonyl (C=O) groups excluding carboxylic acids is 1. The average molecular weight is 389 g/mol. The van der Waals surface area contributed by atoms with Crippen molar-refractivity contribution in [2.45, 2.75) is 32.8 Å². The maximum Gasteiger partial charge on any atom is 0.313 e. The molecule has 0 fully saturated rings. The van der Waals surface area contributed by atoms with E-state index in [9.17, 15) is 4.79 Å². The van der Waals surface area contributed by atoms with E-state index in [4.69, 9.17) is 9.47 Å². The van der Waals surface area contributed by atoms with Crippen LogP contribution in [0.3, 0.4) is 0 Å². The lowest BCUT2D eigenvalue weighted by molar-refractivity contribution is -0.142. The van der Waals surface area contributed by atoms with Crippen LogP contribution in [0.1, 0.15) is 37.3 Å². The van der Waals surface area contributed by atoms with Crippen LogP contribution in [0.4, 0.5) is 0 Å². The van der Waals surface area contributed by atoms with Crippen molar-refractivity contribution in [1.82, 2.24) is 0 Å². The summed E-state index contributed by atoms with van der Waals surface area (Å²) in [6.45, 7) is 4.71. The lowest BCUT2D eigenvalue weighted by Crippen LogP contribution is -2.16. The number of carbonyl (C=O) groups is 1. The molecule has 0 N–H and O–H groups in total. The second-order valence-corrected chi connectivity index (χ2v) is 7.64. The van der Waals surface area contributed by atoms with Crippen LogP contribution in [0.2, 0.25) is 0 Å². The van der Waals surface area contributed by atoms with Crippen LogP contribution in [0.15, 0.2) is 78.9 Å². The Bertz CT molecular complexity index is 917. The molecule has 1 atom stereocenters. The highest BCUT2D eigenvalue weighted by atomic mass is 16.5. The van der Waals surface area contributed by atoms with Gasteiger partial charge in [-0.3, -0.25) is 4.79 Å². The second-order valence-electron chi connectivity index (χ2n) is 7.64. The van der Waals surface area contributed by atoms with E-state index in [1.807, 2.05) is 60.7 Å². The minimum Gasteiger partial charge on any atom is -0.489 e. The molecule has 0 aliphatic heterocycles. The van der Waals surface area contributed by atoms with Crippen LogP contribution in [0, 0.1) is 5.92 Å². The van der Waals surface area contributed by atoms with E-state index >= 15 is 0 Å². The van der Waals surface area contributed by atoms with Gasteiger partial charge in [-0.2, -0.15) is 0 Å². The molecule has 3 aromatic rings. The maximum absolute atomic E-state index is 12.5. The zero-order valence-electron chi connectivity index (χ0n) is 17.3. The van der Waals surface area contributed by atoms with Crippen molar-refractivity contribution in [3.8, 4) is 16.9 Å². The van der Waals surface area contributed by atoms with Crippen LogP contribution in [0.25, 0.3) is 11.1 Å². The molecule has 0 aliphatic carbocycles. The van der Waals surface area contributed by atoms with Crippen LogP contribution in [-0.2, 0) is 16.1 Å². The molecule has 0 saturated carbocycles. The molecule has 0 aliphatic rings. The maximum atomic E-state index is 12.5. The molecule has 3 aromatic carbocycles. The minimum atomic E-state index is -0.317. The average Bonchev–Trinajstić information content (AvgIpc) is 2.76. The highest BCUT2D eigenvalue weighted by molar-refractivity contribution is 5.79. The summed E-state index contributed by atoms with van der Waals surface area (Å²) in [4.78, 5) is 12.5. The monoisotopic (exact) mass is 388 g/mol. The largest absolute Gasteiger partial charge is 0.489 e. The summed E-state index contributed by atoms with van der Waals surface area (Å²) in [6.07, 6.45) is 0.725. The first-order valence-electron chi connectivity index (χ1n) is 10.0. The summed E-state index contributed by atoms with van der Waals surface area (Å²) in [5, 5.41) is 0. The zero-order valence-corrected chi connectivity index (χ0v) is 17.3. The Morgan fingerprint density at radius 1 is 0.862 bits per heavy atom. The molecule has 29 heavy (non-hydrogen) atoms. The number of esters is 1. The number of hydrogen-bond acceptors (Lipinski definition) is 3. The third kappa shape index (κ3) is 5.71. The molecule has 0 spiro atoms. The molecule has 3 rings (SSSR count). The molecule has 0 bridgehead atoms. The van der Waals surface area contributed by atoms with Gasteiger partial charge in [0.25, 0.3) is 0 Å². The fourth-order valence-corrected chi connectivity index (χ4v) is 3.43. The van der Waals surface area contributed by atoms with E-state index < -0.39 is 0 Å². The first-order chi connectivity index (χ1) is 14.1. The van der Waals surface area contributed by atoms with Gasteiger partial charge in [-0.05, 0) is 46.7 Å². The van der Waals surface area contributed by atoms with Crippen molar-refractivity contribution in [1.29, 1.82) is 0 Å². The summed E-state index contributed by atoms with van der Waals surface area (Å²) >= 11 is 0. The number of hydrogen-bond donors (Lipinski definition) is 0. The molecular weight excluding hydrogens is 360 g/mol. The Morgan fingerprint density at radius 2 is 1.52 bits per heavy atom. The summed E-state index contributed by atoms with van der Waals surface area (Å²) < 4.78 is 11.2. The molecule has 0 saturated heterocycles. The lowest BCUT2D eigenvalue weighted by atomic mass is 9.88. The first kappa shape index (κ1) is 20.7. The molecule has 0 radical (unpaired) electrons. The van der Waals surface area contributed by atoms with Crippen molar-refractivity contribution >= 4 is 5.97 Å². The number of rotatable bonds is 8. The minimum absolute atomic E-state index is 0.210. The molecule has 3 nitrogen and oxygen atoms in total. The zero-order chi connectivity index (χ0) is 20.6.